The molecule has 30 heavy (non-hydrogen) atoms. The SMILES string of the molecule is C[C@@H]1CCC[C@H](CCO)N1C(=O)CCCCc1cn(-c2cccc(C(=O)O)c2)nn1. The Morgan fingerprint density at radius 1 is 1.23 bits per heavy atom. The number of nitrogens with zero attached hydrogens (tertiary/aromatic N) is 4. The largest absolute Gasteiger partial charge is 0.478 e. The number of hydrogen-bond donors (Lipinski definition) is 2. The molecule has 162 valence electrons. The number of likely N-dealkylation sites (tertiary alicyclic amines) is 1. The Balaban J connectivity index is 1.49. The van der Waals surface area contributed by atoms with Crippen molar-refractivity contribution in [3.8, 4) is 5.69 Å². The van der Waals surface area contributed by atoms with Gasteiger partial charge in [0.15, 0.2) is 0 Å². The third-order valence-corrected chi connectivity index (χ3v) is 5.75. The van der Waals surface area contributed by atoms with Crippen LogP contribution in [-0.2, 0) is 11.2 Å². The Morgan fingerprint density at radius 2 is 2.07 bits per heavy atom. The molecule has 2 N–H and O–H groups in total. The van der Waals surface area contributed by atoms with Gasteiger partial charge in [-0.25, -0.2) is 9.48 Å². The Labute approximate surface area is 176 Å². The third kappa shape index (κ3) is 5.44. The average Bonchev–Trinajstić information content (AvgIpc) is 3.20. The van der Waals surface area contributed by atoms with Gasteiger partial charge in [-0.2, -0.15) is 0 Å². The van der Waals surface area contributed by atoms with Crippen molar-refractivity contribution >= 4 is 11.9 Å². The van der Waals surface area contributed by atoms with Crippen LogP contribution in [-0.4, -0.2) is 60.7 Å². The number of carbonyl (C=O) groups is 2. The fourth-order valence-corrected chi connectivity index (χ4v) is 4.20. The molecule has 2 heterocycles. The van der Waals surface area contributed by atoms with Gasteiger partial charge >= 0.3 is 5.97 Å². The van der Waals surface area contributed by atoms with E-state index in [2.05, 4.69) is 17.2 Å². The zero-order valence-corrected chi connectivity index (χ0v) is 17.4. The second kappa shape index (κ2) is 10.3. The minimum atomic E-state index is -0.980. The highest BCUT2D eigenvalue weighted by molar-refractivity contribution is 5.88. The van der Waals surface area contributed by atoms with Crippen molar-refractivity contribution in [2.75, 3.05) is 6.61 Å². The minimum Gasteiger partial charge on any atom is -0.478 e. The first kappa shape index (κ1) is 22.0. The van der Waals surface area contributed by atoms with Gasteiger partial charge in [0.1, 0.15) is 0 Å². The number of aryl methyl sites for hydroxylation is 1. The fraction of sp³-hybridized carbons (Fsp3) is 0.545. The molecule has 0 aliphatic carbocycles. The Hall–Kier alpha value is -2.74. The molecule has 1 amide bonds. The van der Waals surface area contributed by atoms with Crippen LogP contribution >= 0.6 is 0 Å². The number of aliphatic hydroxyl groups excluding tert-OH is 1. The van der Waals surface area contributed by atoms with Crippen molar-refractivity contribution in [2.45, 2.75) is 70.4 Å². The van der Waals surface area contributed by atoms with E-state index in [-0.39, 0.29) is 30.2 Å². The Kier molecular flexibility index (Phi) is 7.57. The van der Waals surface area contributed by atoms with E-state index in [4.69, 9.17) is 5.11 Å². The molecule has 0 saturated carbocycles. The number of amides is 1. The van der Waals surface area contributed by atoms with Gasteiger partial charge in [0.2, 0.25) is 5.91 Å². The van der Waals surface area contributed by atoms with Gasteiger partial charge in [-0.05, 0) is 70.1 Å². The van der Waals surface area contributed by atoms with E-state index >= 15 is 0 Å². The van der Waals surface area contributed by atoms with Crippen LogP contribution in [0.25, 0.3) is 5.69 Å². The molecule has 8 nitrogen and oxygen atoms in total. The summed E-state index contributed by atoms with van der Waals surface area (Å²) in [7, 11) is 0. The molecule has 1 aliphatic heterocycles. The number of piperidine rings is 1. The van der Waals surface area contributed by atoms with Gasteiger partial charge in [-0.15, -0.1) is 5.10 Å². The Morgan fingerprint density at radius 3 is 2.83 bits per heavy atom. The van der Waals surface area contributed by atoms with Crippen LogP contribution in [0.2, 0.25) is 0 Å². The van der Waals surface area contributed by atoms with Crippen molar-refractivity contribution in [3.63, 3.8) is 0 Å². The second-order valence-electron chi connectivity index (χ2n) is 7.96. The van der Waals surface area contributed by atoms with Crippen molar-refractivity contribution in [2.24, 2.45) is 0 Å². The van der Waals surface area contributed by atoms with Gasteiger partial charge in [-0.3, -0.25) is 4.79 Å². The molecule has 1 aliphatic rings. The van der Waals surface area contributed by atoms with Crippen LogP contribution in [0.1, 0.15) is 67.9 Å². The highest BCUT2D eigenvalue weighted by Gasteiger charge is 2.30. The molecular weight excluding hydrogens is 384 g/mol. The number of carboxylic acid groups (broad SMARTS) is 1. The van der Waals surface area contributed by atoms with Crippen LogP contribution in [0, 0.1) is 0 Å². The first-order valence-corrected chi connectivity index (χ1v) is 10.7. The lowest BCUT2D eigenvalue weighted by atomic mass is 9.93. The van der Waals surface area contributed by atoms with E-state index in [0.29, 0.717) is 24.9 Å². The maximum absolute atomic E-state index is 12.7. The molecule has 3 rings (SSSR count). The lowest BCUT2D eigenvalue weighted by Crippen LogP contribution is -2.49. The monoisotopic (exact) mass is 414 g/mol. The predicted octanol–water partition coefficient (Wildman–Crippen LogP) is 2.83. The topological polar surface area (TPSA) is 109 Å². The standard InChI is InChI=1S/C22H30N4O4/c1-16-6-4-9-19(12-13-27)26(16)21(28)11-3-2-8-18-15-25(24-23-18)20-10-5-7-17(14-20)22(29)30/h5,7,10,14-16,19,27H,2-4,6,8-9,11-13H2,1H3,(H,29,30)/t16-,19-/m1/s1. The summed E-state index contributed by atoms with van der Waals surface area (Å²) in [4.78, 5) is 25.9. The van der Waals surface area contributed by atoms with Gasteiger partial charge in [0, 0.05) is 25.1 Å². The number of carboxylic acids is 1. The van der Waals surface area contributed by atoms with Crippen LogP contribution in [0.15, 0.2) is 30.5 Å². The van der Waals surface area contributed by atoms with E-state index < -0.39 is 5.97 Å². The van der Waals surface area contributed by atoms with Crippen molar-refractivity contribution in [1.29, 1.82) is 0 Å². The summed E-state index contributed by atoms with van der Waals surface area (Å²) in [6.07, 6.45) is 8.38. The zero-order valence-electron chi connectivity index (χ0n) is 17.4. The van der Waals surface area contributed by atoms with Gasteiger partial charge in [0.25, 0.3) is 0 Å². The van der Waals surface area contributed by atoms with Crippen LogP contribution in [0.4, 0.5) is 0 Å². The second-order valence-corrected chi connectivity index (χ2v) is 7.96. The fourth-order valence-electron chi connectivity index (χ4n) is 4.20. The summed E-state index contributed by atoms with van der Waals surface area (Å²) in [5.41, 5.74) is 1.67. The minimum absolute atomic E-state index is 0.117. The molecule has 0 radical (unpaired) electrons. The predicted molar refractivity (Wildman–Crippen MR) is 112 cm³/mol. The maximum atomic E-state index is 12.7. The van der Waals surface area contributed by atoms with Gasteiger partial charge < -0.3 is 15.1 Å². The van der Waals surface area contributed by atoms with E-state index in [1.54, 1.807) is 29.1 Å². The smallest absolute Gasteiger partial charge is 0.335 e. The third-order valence-electron chi connectivity index (χ3n) is 5.75. The average molecular weight is 415 g/mol. The number of benzene rings is 1. The number of hydrogen-bond acceptors (Lipinski definition) is 5. The van der Waals surface area contributed by atoms with Crippen molar-refractivity contribution in [1.82, 2.24) is 19.9 Å². The number of aliphatic hydroxyl groups is 1. The molecule has 2 aromatic rings. The van der Waals surface area contributed by atoms with Crippen molar-refractivity contribution in [3.05, 3.63) is 41.7 Å². The van der Waals surface area contributed by atoms with E-state index in [1.165, 1.54) is 6.07 Å². The molecule has 1 fully saturated rings. The molecule has 8 heteroatoms. The number of aromatic carboxylic acids is 1. The van der Waals surface area contributed by atoms with E-state index in [0.717, 1.165) is 37.8 Å². The molecule has 2 atom stereocenters. The highest BCUT2D eigenvalue weighted by atomic mass is 16.4. The van der Waals surface area contributed by atoms with E-state index in [9.17, 15) is 14.7 Å². The summed E-state index contributed by atoms with van der Waals surface area (Å²) in [6.45, 7) is 2.21. The number of unbranched alkanes of at least 4 members (excludes halogenated alkanes) is 1. The number of rotatable bonds is 9. The van der Waals surface area contributed by atoms with Crippen LogP contribution in [0.3, 0.4) is 0 Å². The van der Waals surface area contributed by atoms with Gasteiger partial charge in [0.05, 0.1) is 23.1 Å². The molecule has 0 spiro atoms. The molecule has 0 bridgehead atoms. The van der Waals surface area contributed by atoms with Crippen LogP contribution < -0.4 is 0 Å². The first-order chi connectivity index (χ1) is 14.5. The molecule has 1 saturated heterocycles. The maximum Gasteiger partial charge on any atom is 0.335 e. The van der Waals surface area contributed by atoms with Crippen LogP contribution in [0.5, 0.6) is 0 Å². The molecular formula is C22H30N4O4. The zero-order chi connectivity index (χ0) is 21.5. The highest BCUT2D eigenvalue weighted by Crippen LogP contribution is 2.26. The summed E-state index contributed by atoms with van der Waals surface area (Å²) < 4.78 is 1.57. The van der Waals surface area contributed by atoms with E-state index in [1.807, 2.05) is 4.90 Å². The quantitative estimate of drug-likeness (QED) is 0.611. The first-order valence-electron chi connectivity index (χ1n) is 10.7. The summed E-state index contributed by atoms with van der Waals surface area (Å²) in [6, 6.07) is 6.96. The molecule has 1 aromatic carbocycles. The molecule has 1 aromatic heterocycles. The lowest BCUT2D eigenvalue weighted by molar-refractivity contribution is -0.138. The molecule has 0 unspecified atom stereocenters. The summed E-state index contributed by atoms with van der Waals surface area (Å²) >= 11 is 0. The van der Waals surface area contributed by atoms with Gasteiger partial charge in [-0.1, -0.05) is 11.3 Å². The summed E-state index contributed by atoms with van der Waals surface area (Å²) in [5, 5.41) is 26.7. The number of aromatic nitrogens is 3. The van der Waals surface area contributed by atoms with Crippen molar-refractivity contribution < 1.29 is 19.8 Å². The summed E-state index contributed by atoms with van der Waals surface area (Å²) in [5.74, 6) is -0.805. The lowest BCUT2D eigenvalue weighted by Gasteiger charge is -2.41. The normalized spacial score (nSPS) is 19.1. The Bertz CT molecular complexity index is 864. The number of carbonyl (C=O) groups excluding carboxylic acids is 1.